The van der Waals surface area contributed by atoms with E-state index in [2.05, 4.69) is 4.98 Å². The Hall–Kier alpha value is -1.55. The molecule has 0 bridgehead atoms. The second-order valence-corrected chi connectivity index (χ2v) is 3.44. The van der Waals surface area contributed by atoms with E-state index in [1.165, 1.54) is 18.2 Å². The molecule has 16 heavy (non-hydrogen) atoms. The van der Waals surface area contributed by atoms with Crippen LogP contribution in [-0.4, -0.2) is 4.98 Å². The second-order valence-electron chi connectivity index (χ2n) is 3.06. The average Bonchev–Trinajstić information content (AvgIpc) is 2.27. The van der Waals surface area contributed by atoms with E-state index >= 15 is 0 Å². The van der Waals surface area contributed by atoms with Gasteiger partial charge in [-0.3, -0.25) is 0 Å². The number of hydrogen-bond acceptors (Lipinski definition) is 1. The molecule has 0 saturated carbocycles. The third kappa shape index (κ3) is 1.76. The Labute approximate surface area is 94.5 Å². The lowest BCUT2D eigenvalue weighted by Gasteiger charge is -2.06. The summed E-state index contributed by atoms with van der Waals surface area (Å²) < 4.78 is 39.4. The summed E-state index contributed by atoms with van der Waals surface area (Å²) in [5.41, 5.74) is -0.0162. The number of rotatable bonds is 1. The first-order valence-electron chi connectivity index (χ1n) is 4.35. The number of halogens is 4. The maximum Gasteiger partial charge on any atom is 0.232 e. The van der Waals surface area contributed by atoms with Crippen molar-refractivity contribution in [2.75, 3.05) is 0 Å². The zero-order chi connectivity index (χ0) is 11.7. The van der Waals surface area contributed by atoms with E-state index in [9.17, 15) is 13.2 Å². The van der Waals surface area contributed by atoms with Crippen LogP contribution in [-0.2, 0) is 0 Å². The summed E-state index contributed by atoms with van der Waals surface area (Å²) in [5.74, 6) is -2.98. The van der Waals surface area contributed by atoms with Crippen LogP contribution in [0.3, 0.4) is 0 Å². The number of hydrogen-bond donors (Lipinski definition) is 0. The number of pyridine rings is 1. The summed E-state index contributed by atoms with van der Waals surface area (Å²) in [4.78, 5) is 3.30. The third-order valence-corrected chi connectivity index (χ3v) is 2.45. The van der Waals surface area contributed by atoms with E-state index in [4.69, 9.17) is 11.6 Å². The average molecular weight is 244 g/mol. The van der Waals surface area contributed by atoms with E-state index < -0.39 is 17.6 Å². The molecule has 0 aliphatic heterocycles. The van der Waals surface area contributed by atoms with Crippen LogP contribution in [0.1, 0.15) is 0 Å². The Morgan fingerprint density at radius 3 is 2.50 bits per heavy atom. The number of benzene rings is 1. The zero-order valence-corrected chi connectivity index (χ0v) is 8.60. The maximum atomic E-state index is 13.4. The first-order valence-corrected chi connectivity index (χ1v) is 4.73. The van der Waals surface area contributed by atoms with E-state index in [1.54, 1.807) is 0 Å². The molecule has 1 aromatic carbocycles. The number of nitrogens with zero attached hydrogens (tertiary/aromatic N) is 1. The van der Waals surface area contributed by atoms with Gasteiger partial charge in [-0.15, -0.1) is 0 Å². The summed E-state index contributed by atoms with van der Waals surface area (Å²) in [7, 11) is 0. The van der Waals surface area contributed by atoms with Crippen LogP contribution in [0.25, 0.3) is 11.1 Å². The van der Waals surface area contributed by atoms with Crippen molar-refractivity contribution in [1.82, 2.24) is 4.98 Å². The van der Waals surface area contributed by atoms with Crippen molar-refractivity contribution < 1.29 is 13.2 Å². The molecule has 0 N–H and O–H groups in total. The highest BCUT2D eigenvalue weighted by atomic mass is 35.5. The Bertz CT molecular complexity index is 493. The van der Waals surface area contributed by atoms with Crippen molar-refractivity contribution in [3.63, 3.8) is 0 Å². The lowest BCUT2D eigenvalue weighted by molar-refractivity contribution is 0.511. The quantitative estimate of drug-likeness (QED) is 0.694. The van der Waals surface area contributed by atoms with Gasteiger partial charge in [0.15, 0.2) is 11.6 Å². The Morgan fingerprint density at radius 2 is 1.75 bits per heavy atom. The summed E-state index contributed by atoms with van der Waals surface area (Å²) in [5, 5.41) is -0.327. The van der Waals surface area contributed by atoms with Gasteiger partial charge in [-0.2, -0.15) is 4.39 Å². The molecular formula is C11H5ClF3N. The third-order valence-electron chi connectivity index (χ3n) is 2.09. The predicted molar refractivity (Wildman–Crippen MR) is 54.6 cm³/mol. The van der Waals surface area contributed by atoms with Crippen molar-refractivity contribution in [2.45, 2.75) is 0 Å². The van der Waals surface area contributed by atoms with Crippen molar-refractivity contribution in [3.8, 4) is 11.1 Å². The second kappa shape index (κ2) is 4.14. The minimum absolute atomic E-state index is 0.0752. The molecule has 0 aliphatic rings. The highest BCUT2D eigenvalue weighted by Gasteiger charge is 2.14. The van der Waals surface area contributed by atoms with Gasteiger partial charge in [0.1, 0.15) is 5.02 Å². The molecule has 1 nitrogen and oxygen atoms in total. The molecule has 0 radical (unpaired) electrons. The molecule has 0 aliphatic carbocycles. The summed E-state index contributed by atoms with van der Waals surface area (Å²) in [6.45, 7) is 0. The van der Waals surface area contributed by atoms with Gasteiger partial charge in [-0.1, -0.05) is 23.7 Å². The highest BCUT2D eigenvalue weighted by molar-refractivity contribution is 6.33. The Kier molecular flexibility index (Phi) is 2.83. The highest BCUT2D eigenvalue weighted by Crippen LogP contribution is 2.31. The Balaban J connectivity index is 2.68. The van der Waals surface area contributed by atoms with Gasteiger partial charge < -0.3 is 0 Å². The topological polar surface area (TPSA) is 12.9 Å². The van der Waals surface area contributed by atoms with Gasteiger partial charge in [0.2, 0.25) is 5.95 Å². The molecule has 2 aromatic rings. The fraction of sp³-hybridized carbons (Fsp3) is 0. The van der Waals surface area contributed by atoms with Crippen LogP contribution in [0, 0.1) is 17.6 Å². The fourth-order valence-corrected chi connectivity index (χ4v) is 1.55. The van der Waals surface area contributed by atoms with Gasteiger partial charge >= 0.3 is 0 Å². The summed E-state index contributed by atoms with van der Waals surface area (Å²) in [6.07, 6.45) is 1.14. The molecule has 5 heteroatoms. The van der Waals surface area contributed by atoms with Gasteiger partial charge in [0.25, 0.3) is 0 Å². The molecule has 0 spiro atoms. The van der Waals surface area contributed by atoms with E-state index in [0.29, 0.717) is 0 Å². The van der Waals surface area contributed by atoms with Crippen LogP contribution in [0.15, 0.2) is 30.5 Å². The molecule has 2 rings (SSSR count). The largest absolute Gasteiger partial charge is 0.232 e. The standard InChI is InChI=1S/C11H5ClF3N/c12-9-6(4-5-16-11(9)15)7-2-1-3-8(13)10(7)14/h1-5H. The van der Waals surface area contributed by atoms with Gasteiger partial charge in [0.05, 0.1) is 0 Å². The molecule has 82 valence electrons. The van der Waals surface area contributed by atoms with Gasteiger partial charge in [-0.05, 0) is 12.1 Å². The van der Waals surface area contributed by atoms with Crippen LogP contribution >= 0.6 is 11.6 Å². The first kappa shape index (κ1) is 11.0. The van der Waals surface area contributed by atoms with E-state index in [-0.39, 0.29) is 16.1 Å². The SMILES string of the molecule is Fc1cccc(-c2ccnc(F)c2Cl)c1F. The van der Waals surface area contributed by atoms with E-state index in [1.807, 2.05) is 0 Å². The molecule has 0 saturated heterocycles. The van der Waals surface area contributed by atoms with Crippen LogP contribution in [0.5, 0.6) is 0 Å². The summed E-state index contributed by atoms with van der Waals surface area (Å²) >= 11 is 5.63. The molecule has 1 aromatic heterocycles. The monoisotopic (exact) mass is 243 g/mol. The van der Waals surface area contributed by atoms with Crippen molar-refractivity contribution in [3.05, 3.63) is 53.1 Å². The molecule has 0 unspecified atom stereocenters. The zero-order valence-electron chi connectivity index (χ0n) is 7.85. The van der Waals surface area contributed by atoms with Crippen LogP contribution in [0.2, 0.25) is 5.02 Å². The summed E-state index contributed by atoms with van der Waals surface area (Å²) in [6, 6.07) is 4.94. The van der Waals surface area contributed by atoms with Gasteiger partial charge in [-0.25, -0.2) is 13.8 Å². The predicted octanol–water partition coefficient (Wildman–Crippen LogP) is 3.82. The smallest absolute Gasteiger partial charge is 0.227 e. The van der Waals surface area contributed by atoms with Crippen LogP contribution < -0.4 is 0 Å². The van der Waals surface area contributed by atoms with Crippen LogP contribution in [0.4, 0.5) is 13.2 Å². The minimum Gasteiger partial charge on any atom is -0.227 e. The lowest BCUT2D eigenvalue weighted by Crippen LogP contribution is -1.92. The van der Waals surface area contributed by atoms with Crippen molar-refractivity contribution in [2.24, 2.45) is 0 Å². The molecule has 0 atom stereocenters. The van der Waals surface area contributed by atoms with Crippen molar-refractivity contribution in [1.29, 1.82) is 0 Å². The van der Waals surface area contributed by atoms with E-state index in [0.717, 1.165) is 12.3 Å². The molecule has 0 fully saturated rings. The van der Waals surface area contributed by atoms with Gasteiger partial charge in [0, 0.05) is 17.3 Å². The van der Waals surface area contributed by atoms with Crippen molar-refractivity contribution >= 4 is 11.6 Å². The molecule has 0 amide bonds. The lowest BCUT2D eigenvalue weighted by atomic mass is 10.1. The fourth-order valence-electron chi connectivity index (χ4n) is 1.34. The maximum absolute atomic E-state index is 13.4. The molecule has 1 heterocycles. The minimum atomic E-state index is -1.06. The number of aromatic nitrogens is 1. The normalized spacial score (nSPS) is 10.5. The molecular weight excluding hydrogens is 239 g/mol. The Morgan fingerprint density at radius 1 is 1.00 bits per heavy atom. The first-order chi connectivity index (χ1) is 7.61.